The van der Waals surface area contributed by atoms with Gasteiger partial charge in [-0.2, -0.15) is 0 Å². The van der Waals surface area contributed by atoms with Crippen LogP contribution in [0.25, 0.3) is 0 Å². The second kappa shape index (κ2) is 23.7. The lowest BCUT2D eigenvalue weighted by molar-refractivity contribution is -0.115. The van der Waals surface area contributed by atoms with E-state index in [0.717, 1.165) is 37.0 Å². The standard InChI is InChI=1S/C51H72O5Si2/c1-12-27-46(56-58(51(6,7)8,48-32-23-17-24-33-48)49-34-25-18-26-35-49)30-21-16-22-31-47(55-57(10,11)50(3,4)5)40-44(52)29-20-15-13-14-19-28-42(2)54-41-43-36-38-45(53-9)39-37-43/h12,16-18,21-26,30,32-39,42,46-47H,1,13-15,19,27-28,31,40-41H2,2-11H3/b22-16-,30-21+/t42-,46+,47+/m1/s1. The van der Waals surface area contributed by atoms with Crippen molar-refractivity contribution in [2.45, 2.75) is 148 Å². The van der Waals surface area contributed by atoms with Crippen molar-refractivity contribution < 1.29 is 23.1 Å². The van der Waals surface area contributed by atoms with Crippen LogP contribution in [0.4, 0.5) is 0 Å². The van der Waals surface area contributed by atoms with Crippen LogP contribution in [0, 0.1) is 11.8 Å². The summed E-state index contributed by atoms with van der Waals surface area (Å²) in [6.45, 7) is 24.9. The van der Waals surface area contributed by atoms with Crippen LogP contribution in [-0.2, 0) is 25.0 Å². The third-order valence-corrected chi connectivity index (χ3v) is 20.7. The van der Waals surface area contributed by atoms with Gasteiger partial charge in [0.25, 0.3) is 8.32 Å². The summed E-state index contributed by atoms with van der Waals surface area (Å²) in [4.78, 5) is 13.2. The van der Waals surface area contributed by atoms with E-state index in [2.05, 4.69) is 165 Å². The van der Waals surface area contributed by atoms with Crippen LogP contribution >= 0.6 is 0 Å². The number of carbonyl (C=O) groups excluding carboxylic acids is 1. The molecule has 3 aromatic rings. The minimum Gasteiger partial charge on any atom is -0.497 e. The Bertz CT molecular complexity index is 1730. The van der Waals surface area contributed by atoms with Crippen molar-refractivity contribution in [1.29, 1.82) is 0 Å². The van der Waals surface area contributed by atoms with Crippen LogP contribution in [0.15, 0.2) is 122 Å². The number of rotatable bonds is 23. The SMILES string of the molecule is C=CC[C@@H](/C=C/C=C\C[C@@H](CC(=O)C#CCCCCC[C@@H](C)OCc1ccc(OC)cc1)O[Si](C)(C)C(C)(C)C)O[Si](c1ccccc1)(c1ccccc1)C(C)(C)C. The Balaban J connectivity index is 1.61. The fourth-order valence-corrected chi connectivity index (χ4v) is 12.8. The van der Waals surface area contributed by atoms with Crippen LogP contribution < -0.4 is 15.1 Å². The highest BCUT2D eigenvalue weighted by atomic mass is 28.4. The largest absolute Gasteiger partial charge is 0.497 e. The molecule has 0 unspecified atom stereocenters. The Hall–Kier alpha value is -3.78. The van der Waals surface area contributed by atoms with Crippen LogP contribution in [0.5, 0.6) is 5.75 Å². The first-order valence-electron chi connectivity index (χ1n) is 21.2. The number of ketones is 1. The highest BCUT2D eigenvalue weighted by Crippen LogP contribution is 2.39. The molecule has 0 aliphatic rings. The topological polar surface area (TPSA) is 54.0 Å². The molecule has 3 aromatic carbocycles. The minimum absolute atomic E-state index is 0.0258. The van der Waals surface area contributed by atoms with Gasteiger partial charge in [0.15, 0.2) is 8.32 Å². The van der Waals surface area contributed by atoms with Gasteiger partial charge in [-0.1, -0.05) is 163 Å². The van der Waals surface area contributed by atoms with E-state index in [-0.39, 0.29) is 40.6 Å². The smallest absolute Gasteiger partial charge is 0.261 e. The van der Waals surface area contributed by atoms with Gasteiger partial charge in [-0.15, -0.1) is 6.58 Å². The first-order chi connectivity index (χ1) is 27.5. The van der Waals surface area contributed by atoms with E-state index >= 15 is 0 Å². The number of ether oxygens (including phenoxy) is 2. The van der Waals surface area contributed by atoms with Crippen LogP contribution in [0.1, 0.15) is 105 Å². The average molecular weight is 821 g/mol. The highest BCUT2D eigenvalue weighted by molar-refractivity contribution is 6.99. The quantitative estimate of drug-likeness (QED) is 0.0238. The molecule has 7 heteroatoms. The summed E-state index contributed by atoms with van der Waals surface area (Å²) < 4.78 is 25.4. The average Bonchev–Trinajstić information content (AvgIpc) is 3.18. The van der Waals surface area contributed by atoms with Gasteiger partial charge in [-0.3, -0.25) is 4.79 Å². The van der Waals surface area contributed by atoms with Gasteiger partial charge in [0.2, 0.25) is 5.78 Å². The molecule has 58 heavy (non-hydrogen) atoms. The van der Waals surface area contributed by atoms with E-state index in [4.69, 9.17) is 18.3 Å². The first kappa shape index (κ1) is 48.6. The van der Waals surface area contributed by atoms with Crippen molar-refractivity contribution in [1.82, 2.24) is 0 Å². The Morgan fingerprint density at radius 2 is 1.41 bits per heavy atom. The van der Waals surface area contributed by atoms with Crippen molar-refractivity contribution in [2.24, 2.45) is 0 Å². The summed E-state index contributed by atoms with van der Waals surface area (Å²) in [6.07, 6.45) is 16.6. The predicted octanol–water partition coefficient (Wildman–Crippen LogP) is 11.9. The number of unbranched alkanes of at least 4 members (excludes halogenated alkanes) is 3. The molecule has 0 saturated heterocycles. The molecule has 0 radical (unpaired) electrons. The van der Waals surface area contributed by atoms with Crippen LogP contribution in [-0.4, -0.2) is 47.8 Å². The minimum atomic E-state index is -2.74. The van der Waals surface area contributed by atoms with E-state index in [1.807, 2.05) is 30.3 Å². The van der Waals surface area contributed by atoms with Crippen molar-refractivity contribution in [2.75, 3.05) is 7.11 Å². The lowest BCUT2D eigenvalue weighted by atomic mass is 10.1. The second-order valence-corrected chi connectivity index (χ2v) is 26.9. The van der Waals surface area contributed by atoms with Crippen molar-refractivity contribution in [3.63, 3.8) is 0 Å². The second-order valence-electron chi connectivity index (χ2n) is 17.9. The number of allylic oxidation sites excluding steroid dienone is 2. The van der Waals surface area contributed by atoms with Crippen molar-refractivity contribution >= 4 is 32.8 Å². The van der Waals surface area contributed by atoms with Crippen molar-refractivity contribution in [3.05, 3.63) is 127 Å². The number of Topliss-reactive ketones (excluding diaryl/α,β-unsaturated/α-hetero) is 1. The molecule has 3 rings (SSSR count). The molecule has 3 atom stereocenters. The van der Waals surface area contributed by atoms with E-state index < -0.39 is 16.6 Å². The summed E-state index contributed by atoms with van der Waals surface area (Å²) in [5.74, 6) is 6.87. The lowest BCUT2D eigenvalue weighted by Gasteiger charge is -2.44. The van der Waals surface area contributed by atoms with Gasteiger partial charge in [0.05, 0.1) is 32.0 Å². The molecular formula is C51H72O5Si2. The third kappa shape index (κ3) is 15.4. The Morgan fingerprint density at radius 3 is 1.97 bits per heavy atom. The number of carbonyl (C=O) groups is 1. The van der Waals surface area contributed by atoms with Crippen LogP contribution in [0.3, 0.4) is 0 Å². The summed E-state index contributed by atoms with van der Waals surface area (Å²) in [5.41, 5.74) is 1.14. The molecule has 0 saturated carbocycles. The number of hydrogen-bond donors (Lipinski definition) is 0. The normalized spacial score (nSPS) is 14.2. The third-order valence-electron chi connectivity index (χ3n) is 11.1. The zero-order valence-corrected chi connectivity index (χ0v) is 39.3. The fourth-order valence-electron chi connectivity index (χ4n) is 6.80. The molecule has 0 spiro atoms. The maximum Gasteiger partial charge on any atom is 0.261 e. The zero-order chi connectivity index (χ0) is 42.7. The van der Waals surface area contributed by atoms with Crippen LogP contribution in [0.2, 0.25) is 23.2 Å². The fraction of sp³-hybridized carbons (Fsp3) is 0.471. The first-order valence-corrected chi connectivity index (χ1v) is 26.0. The van der Waals surface area contributed by atoms with E-state index in [9.17, 15) is 4.79 Å². The molecule has 0 aromatic heterocycles. The molecule has 0 fully saturated rings. The Kier molecular flexibility index (Phi) is 19.9. The molecule has 0 bridgehead atoms. The molecule has 0 aliphatic carbocycles. The predicted molar refractivity (Wildman–Crippen MR) is 250 cm³/mol. The monoisotopic (exact) mass is 820 g/mol. The van der Waals surface area contributed by atoms with Gasteiger partial charge < -0.3 is 18.3 Å². The number of benzene rings is 3. The summed E-state index contributed by atoms with van der Waals surface area (Å²) in [6, 6.07) is 29.5. The maximum absolute atomic E-state index is 13.2. The molecular weight excluding hydrogens is 749 g/mol. The van der Waals surface area contributed by atoms with Gasteiger partial charge in [-0.05, 0) is 89.8 Å². The number of methoxy groups -OCH3 is 1. The van der Waals surface area contributed by atoms with Gasteiger partial charge in [-0.25, -0.2) is 0 Å². The summed E-state index contributed by atoms with van der Waals surface area (Å²) in [5, 5.41) is 2.40. The van der Waals surface area contributed by atoms with Gasteiger partial charge >= 0.3 is 0 Å². The van der Waals surface area contributed by atoms with E-state index in [1.54, 1.807) is 7.11 Å². The molecule has 0 heterocycles. The van der Waals surface area contributed by atoms with Gasteiger partial charge in [0.1, 0.15) is 5.75 Å². The molecule has 0 amide bonds. The summed E-state index contributed by atoms with van der Waals surface area (Å²) >= 11 is 0. The summed E-state index contributed by atoms with van der Waals surface area (Å²) in [7, 11) is -3.19. The van der Waals surface area contributed by atoms with E-state index in [0.29, 0.717) is 25.9 Å². The molecule has 0 aliphatic heterocycles. The molecule has 0 N–H and O–H groups in total. The Morgan fingerprint density at radius 1 is 0.793 bits per heavy atom. The Labute approximate surface area is 354 Å². The lowest BCUT2D eigenvalue weighted by Crippen LogP contribution is -2.67. The van der Waals surface area contributed by atoms with E-state index in [1.165, 1.54) is 10.4 Å². The van der Waals surface area contributed by atoms with Crippen molar-refractivity contribution in [3.8, 4) is 17.6 Å². The number of hydrogen-bond acceptors (Lipinski definition) is 5. The maximum atomic E-state index is 13.2. The van der Waals surface area contributed by atoms with Gasteiger partial charge in [0, 0.05) is 12.8 Å². The molecule has 314 valence electrons. The highest BCUT2D eigenvalue weighted by Gasteiger charge is 2.51. The zero-order valence-electron chi connectivity index (χ0n) is 37.3. The molecule has 5 nitrogen and oxygen atoms in total.